The van der Waals surface area contributed by atoms with Crippen LogP contribution >= 0.6 is 0 Å². The first-order chi connectivity index (χ1) is 9.29. The van der Waals surface area contributed by atoms with Gasteiger partial charge in [-0.2, -0.15) is 0 Å². The van der Waals surface area contributed by atoms with Crippen molar-refractivity contribution in [2.24, 2.45) is 10.9 Å². The Morgan fingerprint density at radius 2 is 2.00 bits per heavy atom. The number of hydrogen-bond donors (Lipinski definition) is 2. The first-order valence-electron chi connectivity index (χ1n) is 7.36. The maximum atomic E-state index is 4.68. The van der Waals surface area contributed by atoms with Crippen molar-refractivity contribution in [2.75, 3.05) is 19.6 Å². The van der Waals surface area contributed by atoms with Crippen LogP contribution in [0.5, 0.6) is 0 Å². The highest BCUT2D eigenvalue weighted by Crippen LogP contribution is 2.27. The molecule has 0 bridgehead atoms. The average Bonchev–Trinajstić information content (AvgIpc) is 3.26. The molecule has 1 aliphatic carbocycles. The fourth-order valence-corrected chi connectivity index (χ4v) is 2.02. The Balaban J connectivity index is 1.85. The zero-order chi connectivity index (χ0) is 13.5. The van der Waals surface area contributed by atoms with Gasteiger partial charge in [-0.3, -0.25) is 4.99 Å². The first kappa shape index (κ1) is 13.9. The van der Waals surface area contributed by atoms with E-state index in [1.807, 2.05) is 0 Å². The van der Waals surface area contributed by atoms with E-state index >= 15 is 0 Å². The molecule has 1 saturated carbocycles. The molecule has 0 spiro atoms. The van der Waals surface area contributed by atoms with Gasteiger partial charge in [-0.15, -0.1) is 0 Å². The van der Waals surface area contributed by atoms with Gasteiger partial charge in [-0.25, -0.2) is 0 Å². The summed E-state index contributed by atoms with van der Waals surface area (Å²) in [4.78, 5) is 4.68. The number of guanidine groups is 1. The molecular weight excluding hydrogens is 234 g/mol. The lowest BCUT2D eigenvalue weighted by Crippen LogP contribution is -2.38. The molecule has 0 radical (unpaired) electrons. The predicted octanol–water partition coefficient (Wildman–Crippen LogP) is 2.76. The third-order valence-electron chi connectivity index (χ3n) is 3.49. The Hall–Kier alpha value is -1.51. The molecule has 0 heterocycles. The molecular formula is C16H25N3. The second kappa shape index (κ2) is 7.17. The quantitative estimate of drug-likeness (QED) is 0.609. The van der Waals surface area contributed by atoms with E-state index < -0.39 is 0 Å². The minimum atomic E-state index is 0.456. The highest BCUT2D eigenvalue weighted by molar-refractivity contribution is 5.79. The highest BCUT2D eigenvalue weighted by atomic mass is 15.2. The van der Waals surface area contributed by atoms with Crippen molar-refractivity contribution in [1.82, 2.24) is 10.6 Å². The molecule has 0 aliphatic heterocycles. The zero-order valence-electron chi connectivity index (χ0n) is 12.0. The Labute approximate surface area is 116 Å². The van der Waals surface area contributed by atoms with Gasteiger partial charge in [-0.05, 0) is 31.2 Å². The number of rotatable bonds is 6. The number of hydrogen-bond acceptors (Lipinski definition) is 1. The molecule has 1 unspecified atom stereocenters. The molecule has 104 valence electrons. The summed E-state index contributed by atoms with van der Waals surface area (Å²) in [6, 6.07) is 10.6. The van der Waals surface area contributed by atoms with Crippen LogP contribution in [0, 0.1) is 5.92 Å². The predicted molar refractivity (Wildman–Crippen MR) is 81.6 cm³/mol. The second-order valence-corrected chi connectivity index (χ2v) is 5.36. The molecule has 1 atom stereocenters. The smallest absolute Gasteiger partial charge is 0.191 e. The number of benzene rings is 1. The van der Waals surface area contributed by atoms with E-state index in [9.17, 15) is 0 Å². The van der Waals surface area contributed by atoms with Crippen molar-refractivity contribution in [2.45, 2.75) is 32.6 Å². The third-order valence-corrected chi connectivity index (χ3v) is 3.49. The fourth-order valence-electron chi connectivity index (χ4n) is 2.02. The minimum Gasteiger partial charge on any atom is -0.357 e. The summed E-state index contributed by atoms with van der Waals surface area (Å²) in [6.45, 7) is 7.13. The van der Waals surface area contributed by atoms with Gasteiger partial charge in [-0.1, -0.05) is 37.3 Å². The minimum absolute atomic E-state index is 0.456. The normalized spacial score (nSPS) is 17.1. The molecule has 0 saturated heterocycles. The van der Waals surface area contributed by atoms with Crippen molar-refractivity contribution >= 4 is 5.96 Å². The number of aliphatic imine (C=N–C) groups is 1. The van der Waals surface area contributed by atoms with Crippen LogP contribution in [0.3, 0.4) is 0 Å². The molecule has 2 N–H and O–H groups in total. The highest BCUT2D eigenvalue weighted by Gasteiger charge is 2.21. The van der Waals surface area contributed by atoms with Crippen LogP contribution in [0.25, 0.3) is 0 Å². The van der Waals surface area contributed by atoms with Crippen LogP contribution in [0.4, 0.5) is 0 Å². The van der Waals surface area contributed by atoms with Gasteiger partial charge in [0, 0.05) is 25.6 Å². The van der Waals surface area contributed by atoms with Gasteiger partial charge in [0.15, 0.2) is 5.96 Å². The van der Waals surface area contributed by atoms with Crippen LogP contribution < -0.4 is 10.6 Å². The summed E-state index contributed by atoms with van der Waals surface area (Å²) < 4.78 is 0. The van der Waals surface area contributed by atoms with Crippen LogP contribution in [0.15, 0.2) is 35.3 Å². The Morgan fingerprint density at radius 1 is 1.26 bits per heavy atom. The van der Waals surface area contributed by atoms with E-state index in [1.54, 1.807) is 0 Å². The van der Waals surface area contributed by atoms with E-state index in [-0.39, 0.29) is 0 Å². The van der Waals surface area contributed by atoms with E-state index in [4.69, 9.17) is 0 Å². The van der Waals surface area contributed by atoms with Crippen molar-refractivity contribution in [3.8, 4) is 0 Å². The number of nitrogens with one attached hydrogen (secondary N) is 2. The lowest BCUT2D eigenvalue weighted by molar-refractivity contribution is 0.720. The largest absolute Gasteiger partial charge is 0.357 e. The Bertz CT molecular complexity index is 396. The Morgan fingerprint density at radius 3 is 2.63 bits per heavy atom. The third kappa shape index (κ3) is 4.93. The summed E-state index contributed by atoms with van der Waals surface area (Å²) in [5, 5.41) is 6.74. The molecule has 1 aromatic carbocycles. The first-order valence-corrected chi connectivity index (χ1v) is 7.36. The van der Waals surface area contributed by atoms with Gasteiger partial charge >= 0.3 is 0 Å². The van der Waals surface area contributed by atoms with Crippen LogP contribution in [0.2, 0.25) is 0 Å². The molecule has 1 fully saturated rings. The molecule has 19 heavy (non-hydrogen) atoms. The summed E-state index contributed by atoms with van der Waals surface area (Å²) in [6.07, 6.45) is 2.74. The van der Waals surface area contributed by atoms with Gasteiger partial charge in [0.2, 0.25) is 0 Å². The van der Waals surface area contributed by atoms with Crippen LogP contribution in [0.1, 0.15) is 38.2 Å². The SMILES string of the molecule is CCNC(=NCC(C)c1ccccc1)NCC1CC1. The van der Waals surface area contributed by atoms with E-state index in [0.717, 1.165) is 31.5 Å². The maximum absolute atomic E-state index is 4.68. The van der Waals surface area contributed by atoms with Gasteiger partial charge in [0.25, 0.3) is 0 Å². The standard InChI is InChI=1S/C16H25N3/c1-3-17-16(19-12-14-9-10-14)18-11-13(2)15-7-5-4-6-8-15/h4-8,13-14H,3,9-12H2,1-2H3,(H2,17,18,19). The molecule has 3 heteroatoms. The topological polar surface area (TPSA) is 36.4 Å². The molecule has 2 rings (SSSR count). The van der Waals surface area contributed by atoms with Crippen molar-refractivity contribution in [3.05, 3.63) is 35.9 Å². The Kier molecular flexibility index (Phi) is 5.25. The van der Waals surface area contributed by atoms with Crippen LogP contribution in [-0.2, 0) is 0 Å². The molecule has 3 nitrogen and oxygen atoms in total. The van der Waals surface area contributed by atoms with Gasteiger partial charge < -0.3 is 10.6 Å². The summed E-state index contributed by atoms with van der Waals surface area (Å²) >= 11 is 0. The summed E-state index contributed by atoms with van der Waals surface area (Å²) in [7, 11) is 0. The van der Waals surface area contributed by atoms with E-state index in [0.29, 0.717) is 5.92 Å². The fraction of sp³-hybridized carbons (Fsp3) is 0.562. The summed E-state index contributed by atoms with van der Waals surface area (Å²) in [5.74, 6) is 2.28. The van der Waals surface area contributed by atoms with Crippen molar-refractivity contribution < 1.29 is 0 Å². The van der Waals surface area contributed by atoms with Crippen molar-refractivity contribution in [1.29, 1.82) is 0 Å². The molecule has 1 aromatic rings. The lowest BCUT2D eigenvalue weighted by atomic mass is 10.0. The lowest BCUT2D eigenvalue weighted by Gasteiger charge is -2.13. The van der Waals surface area contributed by atoms with Crippen LogP contribution in [-0.4, -0.2) is 25.6 Å². The van der Waals surface area contributed by atoms with E-state index in [1.165, 1.54) is 18.4 Å². The van der Waals surface area contributed by atoms with Crippen molar-refractivity contribution in [3.63, 3.8) is 0 Å². The molecule has 1 aliphatic rings. The number of nitrogens with zero attached hydrogens (tertiary/aromatic N) is 1. The summed E-state index contributed by atoms with van der Waals surface area (Å²) in [5.41, 5.74) is 1.35. The maximum Gasteiger partial charge on any atom is 0.191 e. The second-order valence-electron chi connectivity index (χ2n) is 5.36. The zero-order valence-corrected chi connectivity index (χ0v) is 12.0. The monoisotopic (exact) mass is 259 g/mol. The average molecular weight is 259 g/mol. The molecule has 0 amide bonds. The van der Waals surface area contributed by atoms with Gasteiger partial charge in [0.1, 0.15) is 0 Å². The molecule has 0 aromatic heterocycles. The van der Waals surface area contributed by atoms with Gasteiger partial charge in [0.05, 0.1) is 0 Å². The van der Waals surface area contributed by atoms with E-state index in [2.05, 4.69) is 59.8 Å².